The molecule has 5 heteroatoms. The van der Waals surface area contributed by atoms with Gasteiger partial charge in [0.05, 0.1) is 11.7 Å². The fourth-order valence-corrected chi connectivity index (χ4v) is 1.68. The molecule has 108 valence electrons. The summed E-state index contributed by atoms with van der Waals surface area (Å²) in [5.74, 6) is -0.0869. The van der Waals surface area contributed by atoms with Crippen LogP contribution >= 0.6 is 0 Å². The van der Waals surface area contributed by atoms with E-state index in [0.717, 1.165) is 6.07 Å². The van der Waals surface area contributed by atoms with Crippen molar-refractivity contribution in [3.63, 3.8) is 0 Å². The van der Waals surface area contributed by atoms with Crippen molar-refractivity contribution in [3.8, 4) is 5.75 Å². The second-order valence-electron chi connectivity index (χ2n) is 4.77. The molecule has 0 aliphatic carbocycles. The van der Waals surface area contributed by atoms with E-state index in [9.17, 15) is 18.3 Å². The van der Waals surface area contributed by atoms with Crippen LogP contribution in [-0.2, 0) is 6.18 Å². The zero-order chi connectivity index (χ0) is 14.6. The molecule has 2 nitrogen and oxygen atoms in total. The Balaban J connectivity index is 2.99. The first-order valence-electron chi connectivity index (χ1n) is 6.27. The second-order valence-corrected chi connectivity index (χ2v) is 4.77. The van der Waals surface area contributed by atoms with E-state index in [0.29, 0.717) is 6.42 Å². The van der Waals surface area contributed by atoms with Crippen LogP contribution in [0.4, 0.5) is 13.2 Å². The van der Waals surface area contributed by atoms with Crippen molar-refractivity contribution >= 4 is 0 Å². The lowest BCUT2D eigenvalue weighted by molar-refractivity contribution is -0.138. The van der Waals surface area contributed by atoms with Gasteiger partial charge in [0, 0.05) is 0 Å². The van der Waals surface area contributed by atoms with Crippen LogP contribution < -0.4 is 4.74 Å². The van der Waals surface area contributed by atoms with Crippen molar-refractivity contribution in [2.75, 3.05) is 6.61 Å². The van der Waals surface area contributed by atoms with Crippen LogP contribution in [0.3, 0.4) is 0 Å². The summed E-state index contributed by atoms with van der Waals surface area (Å²) >= 11 is 0. The van der Waals surface area contributed by atoms with Gasteiger partial charge in [-0.25, -0.2) is 0 Å². The maximum atomic E-state index is 12.9. The van der Waals surface area contributed by atoms with Crippen molar-refractivity contribution in [2.24, 2.45) is 0 Å². The summed E-state index contributed by atoms with van der Waals surface area (Å²) in [7, 11) is 0. The molecule has 1 aromatic carbocycles. The minimum absolute atomic E-state index is 0.00514. The minimum atomic E-state index is -4.40. The highest BCUT2D eigenvalue weighted by atomic mass is 19.4. The molecule has 0 aliphatic rings. The number of aliphatic hydroxyl groups excluding tert-OH is 1. The number of rotatable bonds is 5. The number of halogens is 3. The van der Waals surface area contributed by atoms with Gasteiger partial charge in [0.25, 0.3) is 0 Å². The molecule has 0 saturated heterocycles. The third-order valence-electron chi connectivity index (χ3n) is 2.87. The van der Waals surface area contributed by atoms with E-state index in [4.69, 9.17) is 4.74 Å². The first-order valence-corrected chi connectivity index (χ1v) is 6.27. The largest absolute Gasteiger partial charge is 0.491 e. The Morgan fingerprint density at radius 2 is 1.89 bits per heavy atom. The van der Waals surface area contributed by atoms with Gasteiger partial charge in [-0.3, -0.25) is 0 Å². The number of benzene rings is 1. The summed E-state index contributed by atoms with van der Waals surface area (Å²) in [6.07, 6.45) is -4.57. The first-order chi connectivity index (χ1) is 8.75. The smallest absolute Gasteiger partial charge is 0.416 e. The van der Waals surface area contributed by atoms with Crippen LogP contribution in [0.1, 0.15) is 44.2 Å². The quantitative estimate of drug-likeness (QED) is 0.881. The van der Waals surface area contributed by atoms with Gasteiger partial charge in [0.2, 0.25) is 0 Å². The molecule has 19 heavy (non-hydrogen) atoms. The molecule has 0 fully saturated rings. The summed E-state index contributed by atoms with van der Waals surface area (Å²) in [6.45, 7) is 5.20. The van der Waals surface area contributed by atoms with Crippen molar-refractivity contribution in [2.45, 2.75) is 45.4 Å². The zero-order valence-electron chi connectivity index (χ0n) is 11.3. The van der Waals surface area contributed by atoms with Crippen molar-refractivity contribution in [1.29, 1.82) is 0 Å². The Bertz CT molecular complexity index is 414. The number of ether oxygens (including phenoxy) is 1. The predicted octanol–water partition coefficient (Wildman–Crippen LogP) is 3.98. The third kappa shape index (κ3) is 4.42. The van der Waals surface area contributed by atoms with Crippen molar-refractivity contribution < 1.29 is 23.0 Å². The molecule has 0 saturated carbocycles. The van der Waals surface area contributed by atoms with E-state index in [1.54, 1.807) is 20.8 Å². The standard InChI is InChI=1S/C14H19F3O2/c1-4-10(18)8-19-11-5-6-12(9(2)3)13(7-11)14(15,16)17/h5-7,9-10,18H,4,8H2,1-3H3. The Labute approximate surface area is 111 Å². The van der Waals surface area contributed by atoms with Gasteiger partial charge in [-0.2, -0.15) is 13.2 Å². The van der Waals surface area contributed by atoms with E-state index < -0.39 is 17.8 Å². The zero-order valence-corrected chi connectivity index (χ0v) is 11.3. The monoisotopic (exact) mass is 276 g/mol. The summed E-state index contributed by atoms with van der Waals surface area (Å²) < 4.78 is 44.0. The van der Waals surface area contributed by atoms with E-state index in [2.05, 4.69) is 0 Å². The van der Waals surface area contributed by atoms with Crippen LogP contribution in [0.15, 0.2) is 18.2 Å². The van der Waals surface area contributed by atoms with Crippen molar-refractivity contribution in [1.82, 2.24) is 0 Å². The maximum absolute atomic E-state index is 12.9. The highest BCUT2D eigenvalue weighted by Gasteiger charge is 2.34. The molecule has 1 atom stereocenters. The molecule has 0 radical (unpaired) electrons. The van der Waals surface area contributed by atoms with Crippen molar-refractivity contribution in [3.05, 3.63) is 29.3 Å². The van der Waals surface area contributed by atoms with Crippen LogP contribution in [-0.4, -0.2) is 17.8 Å². The molecule has 1 unspecified atom stereocenters. The average molecular weight is 276 g/mol. The van der Waals surface area contributed by atoms with E-state index in [1.807, 2.05) is 0 Å². The van der Waals surface area contributed by atoms with Gasteiger partial charge >= 0.3 is 6.18 Å². The van der Waals surface area contributed by atoms with Gasteiger partial charge in [-0.1, -0.05) is 26.8 Å². The van der Waals surface area contributed by atoms with E-state index in [1.165, 1.54) is 12.1 Å². The number of alkyl halides is 3. The maximum Gasteiger partial charge on any atom is 0.416 e. The Morgan fingerprint density at radius 3 is 2.37 bits per heavy atom. The number of aliphatic hydroxyl groups is 1. The predicted molar refractivity (Wildman–Crippen MR) is 67.3 cm³/mol. The normalized spacial score (nSPS) is 13.7. The lowest BCUT2D eigenvalue weighted by Crippen LogP contribution is -2.17. The third-order valence-corrected chi connectivity index (χ3v) is 2.87. The van der Waals surface area contributed by atoms with Gasteiger partial charge < -0.3 is 9.84 Å². The highest BCUT2D eigenvalue weighted by Crippen LogP contribution is 2.37. The number of hydrogen-bond donors (Lipinski definition) is 1. The average Bonchev–Trinajstić information content (AvgIpc) is 2.34. The Morgan fingerprint density at radius 1 is 1.26 bits per heavy atom. The lowest BCUT2D eigenvalue weighted by atomic mass is 9.96. The van der Waals surface area contributed by atoms with Gasteiger partial charge in [0.1, 0.15) is 12.4 Å². The molecule has 0 heterocycles. The molecule has 1 aromatic rings. The molecule has 0 aromatic heterocycles. The molecule has 1 rings (SSSR count). The molecule has 1 N–H and O–H groups in total. The second kappa shape index (κ2) is 6.28. The molecular formula is C14H19F3O2. The first kappa shape index (κ1) is 15.8. The summed E-state index contributed by atoms with van der Waals surface area (Å²) in [4.78, 5) is 0. The summed E-state index contributed by atoms with van der Waals surface area (Å²) in [6, 6.07) is 3.94. The fourth-order valence-electron chi connectivity index (χ4n) is 1.68. The van der Waals surface area contributed by atoms with Gasteiger partial charge in [0.15, 0.2) is 0 Å². The van der Waals surface area contributed by atoms with Crippen LogP contribution in [0.2, 0.25) is 0 Å². The Hall–Kier alpha value is -1.23. The topological polar surface area (TPSA) is 29.5 Å². The molecule has 0 aliphatic heterocycles. The lowest BCUT2D eigenvalue weighted by Gasteiger charge is -2.17. The van der Waals surface area contributed by atoms with Crippen LogP contribution in [0.5, 0.6) is 5.75 Å². The molecule has 0 bridgehead atoms. The molecule has 0 amide bonds. The van der Waals surface area contributed by atoms with E-state index >= 15 is 0 Å². The van der Waals surface area contributed by atoms with Crippen LogP contribution in [0.25, 0.3) is 0 Å². The van der Waals surface area contributed by atoms with Gasteiger partial charge in [-0.05, 0) is 30.0 Å². The molecule has 0 spiro atoms. The summed E-state index contributed by atoms with van der Waals surface area (Å²) in [5, 5.41) is 9.34. The fraction of sp³-hybridized carbons (Fsp3) is 0.571. The van der Waals surface area contributed by atoms with Crippen LogP contribution in [0, 0.1) is 0 Å². The minimum Gasteiger partial charge on any atom is -0.491 e. The number of hydrogen-bond acceptors (Lipinski definition) is 2. The Kier molecular flexibility index (Phi) is 5.23. The highest BCUT2D eigenvalue weighted by molar-refractivity contribution is 5.39. The SMILES string of the molecule is CCC(O)COc1ccc(C(C)C)c(C(F)(F)F)c1. The van der Waals surface area contributed by atoms with Gasteiger partial charge in [-0.15, -0.1) is 0 Å². The molecular weight excluding hydrogens is 257 g/mol. The van der Waals surface area contributed by atoms with E-state index in [-0.39, 0.29) is 23.8 Å². The summed E-state index contributed by atoms with van der Waals surface area (Å²) in [5.41, 5.74) is -0.429.